The molecule has 3 aromatic rings. The lowest BCUT2D eigenvalue weighted by Gasteiger charge is -2.29. The number of carbonyl (C=O) groups is 2. The fourth-order valence-corrected chi connectivity index (χ4v) is 2.96. The highest BCUT2D eigenvalue weighted by atomic mass is 16.2. The van der Waals surface area contributed by atoms with E-state index in [0.29, 0.717) is 22.3 Å². The molecule has 124 valence electrons. The smallest absolute Gasteiger partial charge is 0.249 e. The lowest BCUT2D eigenvalue weighted by atomic mass is 10.2. The van der Waals surface area contributed by atoms with Crippen LogP contribution in [0.3, 0.4) is 0 Å². The number of anilines is 2. The van der Waals surface area contributed by atoms with Gasteiger partial charge in [0, 0.05) is 5.39 Å². The maximum Gasteiger partial charge on any atom is 0.249 e. The van der Waals surface area contributed by atoms with E-state index in [2.05, 4.69) is 10.4 Å². The lowest BCUT2D eigenvalue weighted by molar-refractivity contribution is -0.122. The number of nitrogens with zero attached hydrogens (tertiary/aromatic N) is 3. The van der Waals surface area contributed by atoms with Crippen LogP contribution in [0.25, 0.3) is 10.9 Å². The van der Waals surface area contributed by atoms with Crippen molar-refractivity contribution >= 4 is 34.1 Å². The first-order valence-corrected chi connectivity index (χ1v) is 7.77. The van der Waals surface area contributed by atoms with Crippen LogP contribution >= 0.6 is 0 Å². The van der Waals surface area contributed by atoms with Gasteiger partial charge in [-0.3, -0.25) is 24.0 Å². The van der Waals surface area contributed by atoms with E-state index in [9.17, 15) is 14.4 Å². The van der Waals surface area contributed by atoms with Crippen LogP contribution in [0, 0.1) is 0 Å². The number of hydrogen-bond donors (Lipinski definition) is 1. The minimum atomic E-state index is -0.274. The zero-order valence-electron chi connectivity index (χ0n) is 13.2. The molecule has 25 heavy (non-hydrogen) atoms. The molecule has 0 radical (unpaired) electrons. The van der Waals surface area contributed by atoms with Gasteiger partial charge in [0.2, 0.25) is 17.2 Å². The van der Waals surface area contributed by atoms with Crippen LogP contribution < -0.4 is 15.6 Å². The first-order valence-electron chi connectivity index (χ1n) is 7.77. The van der Waals surface area contributed by atoms with Crippen molar-refractivity contribution in [1.82, 2.24) is 9.78 Å². The standard InChI is InChI=1S/C18H14N4O3/c23-16-9-19-22(14-7-3-1-5-12(14)16)11-18(25)21-10-17(24)20-13-6-2-4-8-15(13)21/h1-9H,10-11H2,(H,20,24). The van der Waals surface area contributed by atoms with Crippen molar-refractivity contribution < 1.29 is 9.59 Å². The summed E-state index contributed by atoms with van der Waals surface area (Å²) in [6, 6.07) is 14.1. The molecule has 7 nitrogen and oxygen atoms in total. The van der Waals surface area contributed by atoms with E-state index in [0.717, 1.165) is 0 Å². The molecule has 0 saturated carbocycles. The third-order valence-corrected chi connectivity index (χ3v) is 4.12. The van der Waals surface area contributed by atoms with Crippen molar-refractivity contribution in [3.8, 4) is 0 Å². The molecule has 0 unspecified atom stereocenters. The summed E-state index contributed by atoms with van der Waals surface area (Å²) in [5.74, 6) is -0.520. The zero-order chi connectivity index (χ0) is 17.4. The van der Waals surface area contributed by atoms with Crippen LogP contribution in [0.2, 0.25) is 0 Å². The van der Waals surface area contributed by atoms with Crippen molar-refractivity contribution in [2.24, 2.45) is 0 Å². The maximum atomic E-state index is 12.8. The Balaban J connectivity index is 1.71. The second-order valence-corrected chi connectivity index (χ2v) is 5.73. The highest BCUT2D eigenvalue weighted by Gasteiger charge is 2.26. The molecule has 2 amide bonds. The Morgan fingerprint density at radius 3 is 2.72 bits per heavy atom. The summed E-state index contributed by atoms with van der Waals surface area (Å²) in [4.78, 5) is 38.0. The van der Waals surface area contributed by atoms with Gasteiger partial charge in [0.25, 0.3) is 0 Å². The van der Waals surface area contributed by atoms with Gasteiger partial charge in [0.05, 0.1) is 23.1 Å². The van der Waals surface area contributed by atoms with Crippen LogP contribution in [0.1, 0.15) is 0 Å². The highest BCUT2D eigenvalue weighted by molar-refractivity contribution is 6.09. The molecule has 0 aliphatic carbocycles. The van der Waals surface area contributed by atoms with E-state index in [1.54, 1.807) is 42.5 Å². The number of para-hydroxylation sites is 3. The number of benzene rings is 2. The predicted molar refractivity (Wildman–Crippen MR) is 93.4 cm³/mol. The van der Waals surface area contributed by atoms with Gasteiger partial charge < -0.3 is 5.32 Å². The van der Waals surface area contributed by atoms with Crippen molar-refractivity contribution in [2.45, 2.75) is 6.54 Å². The Hall–Kier alpha value is -3.48. The minimum Gasteiger partial charge on any atom is -0.323 e. The average Bonchev–Trinajstić information content (AvgIpc) is 2.63. The Bertz CT molecular complexity index is 1060. The number of carbonyl (C=O) groups excluding carboxylic acids is 2. The lowest BCUT2D eigenvalue weighted by Crippen LogP contribution is -2.43. The molecule has 0 atom stereocenters. The largest absolute Gasteiger partial charge is 0.323 e. The van der Waals surface area contributed by atoms with Crippen LogP contribution in [-0.4, -0.2) is 28.1 Å². The van der Waals surface area contributed by atoms with Gasteiger partial charge in [-0.25, -0.2) is 0 Å². The van der Waals surface area contributed by atoms with Crippen LogP contribution in [0.5, 0.6) is 0 Å². The maximum absolute atomic E-state index is 12.8. The van der Waals surface area contributed by atoms with Crippen molar-refractivity contribution in [3.63, 3.8) is 0 Å². The summed E-state index contributed by atoms with van der Waals surface area (Å²) in [5.41, 5.74) is 1.64. The fraction of sp³-hybridized carbons (Fsp3) is 0.111. The molecule has 1 aromatic heterocycles. The number of hydrogen-bond acceptors (Lipinski definition) is 4. The monoisotopic (exact) mass is 334 g/mol. The van der Waals surface area contributed by atoms with Gasteiger partial charge in [-0.05, 0) is 24.3 Å². The molecule has 0 fully saturated rings. The summed E-state index contributed by atoms with van der Waals surface area (Å²) < 4.78 is 1.48. The van der Waals surface area contributed by atoms with Crippen LogP contribution in [-0.2, 0) is 16.1 Å². The van der Waals surface area contributed by atoms with Crippen molar-refractivity contribution in [2.75, 3.05) is 16.8 Å². The third-order valence-electron chi connectivity index (χ3n) is 4.12. The van der Waals surface area contributed by atoms with E-state index in [-0.39, 0.29) is 30.3 Å². The molecule has 1 aliphatic rings. The van der Waals surface area contributed by atoms with Gasteiger partial charge in [0.1, 0.15) is 13.1 Å². The molecule has 4 rings (SSSR count). The zero-order valence-corrected chi connectivity index (χ0v) is 13.2. The van der Waals surface area contributed by atoms with E-state index in [1.807, 2.05) is 6.07 Å². The first-order chi connectivity index (χ1) is 12.1. The van der Waals surface area contributed by atoms with Crippen LogP contribution in [0.15, 0.2) is 59.5 Å². The number of aromatic nitrogens is 2. The van der Waals surface area contributed by atoms with Crippen molar-refractivity contribution in [1.29, 1.82) is 0 Å². The Morgan fingerprint density at radius 1 is 1.08 bits per heavy atom. The molecule has 0 spiro atoms. The Kier molecular flexibility index (Phi) is 3.53. The second-order valence-electron chi connectivity index (χ2n) is 5.73. The van der Waals surface area contributed by atoms with Crippen molar-refractivity contribution in [3.05, 3.63) is 65.0 Å². The number of rotatable bonds is 2. The highest BCUT2D eigenvalue weighted by Crippen LogP contribution is 2.29. The normalized spacial score (nSPS) is 13.4. The molecule has 0 bridgehead atoms. The summed E-state index contributed by atoms with van der Waals surface area (Å²) in [6.07, 6.45) is 1.20. The molecule has 7 heteroatoms. The fourth-order valence-electron chi connectivity index (χ4n) is 2.96. The molecular weight excluding hydrogens is 320 g/mol. The summed E-state index contributed by atoms with van der Waals surface area (Å²) in [7, 11) is 0. The van der Waals surface area contributed by atoms with Gasteiger partial charge in [0.15, 0.2) is 0 Å². The predicted octanol–water partition coefficient (Wildman–Crippen LogP) is 1.38. The quantitative estimate of drug-likeness (QED) is 0.767. The molecule has 2 heterocycles. The van der Waals surface area contributed by atoms with Gasteiger partial charge in [-0.2, -0.15) is 5.10 Å². The SMILES string of the molecule is O=C1CN(C(=O)Cn2ncc(=O)c3ccccc32)c2ccccc2N1. The molecule has 2 aromatic carbocycles. The molecule has 1 N–H and O–H groups in total. The van der Waals surface area contributed by atoms with Gasteiger partial charge in [-0.15, -0.1) is 0 Å². The molecule has 0 saturated heterocycles. The van der Waals surface area contributed by atoms with E-state index >= 15 is 0 Å². The topological polar surface area (TPSA) is 84.3 Å². The molecule has 1 aliphatic heterocycles. The Labute approximate surface area is 142 Å². The van der Waals surface area contributed by atoms with E-state index in [4.69, 9.17) is 0 Å². The van der Waals surface area contributed by atoms with Crippen LogP contribution in [0.4, 0.5) is 11.4 Å². The second kappa shape index (κ2) is 5.86. The molecular formula is C18H14N4O3. The third kappa shape index (κ3) is 2.65. The first kappa shape index (κ1) is 15.1. The Morgan fingerprint density at radius 2 is 1.84 bits per heavy atom. The van der Waals surface area contributed by atoms with Gasteiger partial charge in [-0.1, -0.05) is 24.3 Å². The minimum absolute atomic E-state index is 0.0476. The summed E-state index contributed by atoms with van der Waals surface area (Å²) in [6.45, 7) is -0.115. The van der Waals surface area contributed by atoms with E-state index < -0.39 is 0 Å². The number of fused-ring (bicyclic) bond motifs is 2. The summed E-state index contributed by atoms with van der Waals surface area (Å²) >= 11 is 0. The average molecular weight is 334 g/mol. The summed E-state index contributed by atoms with van der Waals surface area (Å²) in [5, 5.41) is 7.32. The van der Waals surface area contributed by atoms with Gasteiger partial charge >= 0.3 is 0 Å². The van der Waals surface area contributed by atoms with E-state index in [1.165, 1.54) is 15.8 Å². The number of nitrogens with one attached hydrogen (secondary N) is 1. The number of amides is 2.